The molecule has 0 spiro atoms. The van der Waals surface area contributed by atoms with Crippen LogP contribution in [0.25, 0.3) is 0 Å². The molecule has 0 radical (unpaired) electrons. The molecule has 0 bridgehead atoms. The average Bonchev–Trinajstić information content (AvgIpc) is 2.33. The lowest BCUT2D eigenvalue weighted by Crippen LogP contribution is -2.51. The van der Waals surface area contributed by atoms with Gasteiger partial charge in [-0.25, -0.2) is 12.7 Å². The smallest absolute Gasteiger partial charge is 0.218 e. The first-order valence-corrected chi connectivity index (χ1v) is 7.90. The molecule has 2 saturated heterocycles. The molecule has 0 aromatic heterocycles. The molecule has 0 aromatic carbocycles. The van der Waals surface area contributed by atoms with Crippen LogP contribution in [0.15, 0.2) is 0 Å². The van der Waals surface area contributed by atoms with Gasteiger partial charge in [0, 0.05) is 19.6 Å². The number of hydrogen-bond donors (Lipinski definition) is 2. The molecule has 2 aliphatic rings. The van der Waals surface area contributed by atoms with E-state index in [0.29, 0.717) is 26.1 Å². The fourth-order valence-electron chi connectivity index (χ4n) is 2.61. The van der Waals surface area contributed by atoms with Crippen LogP contribution in [0.3, 0.4) is 0 Å². The third-order valence-electron chi connectivity index (χ3n) is 3.86. The van der Waals surface area contributed by atoms with Gasteiger partial charge in [-0.05, 0) is 31.7 Å². The first-order valence-electron chi connectivity index (χ1n) is 6.39. The second-order valence-corrected chi connectivity index (χ2v) is 7.42. The van der Waals surface area contributed by atoms with Crippen molar-refractivity contribution < 1.29 is 13.5 Å². The van der Waals surface area contributed by atoms with Crippen LogP contribution < -0.4 is 5.32 Å². The molecule has 0 saturated carbocycles. The lowest BCUT2D eigenvalue weighted by Gasteiger charge is -2.36. The number of aliphatic hydroxyl groups excluding tert-OH is 1. The number of sulfonamides is 1. The minimum absolute atomic E-state index is 0.0371. The van der Waals surface area contributed by atoms with Crippen molar-refractivity contribution in [1.82, 2.24) is 9.62 Å². The fraction of sp³-hybridized carbons (Fsp3) is 1.00. The topological polar surface area (TPSA) is 69.6 Å². The number of nitrogens with one attached hydrogen (secondary N) is 1. The summed E-state index contributed by atoms with van der Waals surface area (Å²) in [7, 11) is -3.18. The molecule has 2 N–H and O–H groups in total. The summed E-state index contributed by atoms with van der Waals surface area (Å²) in [5.74, 6) is 0.0371. The van der Waals surface area contributed by atoms with Crippen molar-refractivity contribution in [1.29, 1.82) is 0 Å². The van der Waals surface area contributed by atoms with Gasteiger partial charge in [-0.1, -0.05) is 6.92 Å². The van der Waals surface area contributed by atoms with Gasteiger partial charge in [0.25, 0.3) is 0 Å². The van der Waals surface area contributed by atoms with Crippen LogP contribution in [0.4, 0.5) is 0 Å². The molecule has 6 heteroatoms. The zero-order valence-corrected chi connectivity index (χ0v) is 11.1. The summed E-state index contributed by atoms with van der Waals surface area (Å²) in [6.45, 7) is 4.31. The Morgan fingerprint density at radius 1 is 1.35 bits per heavy atom. The Bertz CT molecular complexity index is 352. The lowest BCUT2D eigenvalue weighted by molar-refractivity contribution is 0.0624. The average molecular weight is 262 g/mol. The predicted octanol–water partition coefficient (Wildman–Crippen LogP) is -0.229. The number of hydrogen-bond acceptors (Lipinski definition) is 4. The van der Waals surface area contributed by atoms with Crippen molar-refractivity contribution in [2.75, 3.05) is 26.2 Å². The Morgan fingerprint density at radius 3 is 2.71 bits per heavy atom. The highest BCUT2D eigenvalue weighted by Gasteiger charge is 2.37. The Morgan fingerprint density at radius 2 is 2.12 bits per heavy atom. The van der Waals surface area contributed by atoms with Crippen LogP contribution in [0.2, 0.25) is 0 Å². The lowest BCUT2D eigenvalue weighted by atomic mass is 9.99. The molecule has 17 heavy (non-hydrogen) atoms. The molecule has 3 unspecified atom stereocenters. The van der Waals surface area contributed by atoms with E-state index in [1.165, 1.54) is 0 Å². The molecule has 5 nitrogen and oxygen atoms in total. The standard InChI is InChI=1S/C11H22N2O3S/c1-9-8-13(6-4-11(9)14)17(15,16)10-3-2-5-12-7-10/h9-12,14H,2-8H2,1H3. The van der Waals surface area contributed by atoms with Gasteiger partial charge in [-0.15, -0.1) is 0 Å². The van der Waals surface area contributed by atoms with Crippen molar-refractivity contribution >= 4 is 10.0 Å². The monoisotopic (exact) mass is 262 g/mol. The minimum atomic E-state index is -3.18. The second kappa shape index (κ2) is 5.22. The molecular formula is C11H22N2O3S. The van der Waals surface area contributed by atoms with E-state index in [-0.39, 0.29) is 17.3 Å². The van der Waals surface area contributed by atoms with E-state index in [9.17, 15) is 13.5 Å². The van der Waals surface area contributed by atoms with E-state index in [2.05, 4.69) is 5.32 Å². The van der Waals surface area contributed by atoms with Crippen LogP contribution in [0.1, 0.15) is 26.2 Å². The fourth-order valence-corrected chi connectivity index (χ4v) is 4.63. The van der Waals surface area contributed by atoms with Crippen LogP contribution in [0, 0.1) is 5.92 Å². The van der Waals surface area contributed by atoms with Crippen molar-refractivity contribution in [2.45, 2.75) is 37.5 Å². The van der Waals surface area contributed by atoms with Crippen molar-refractivity contribution in [3.8, 4) is 0 Å². The molecule has 2 rings (SSSR count). The van der Waals surface area contributed by atoms with E-state index in [1.807, 2.05) is 6.92 Å². The van der Waals surface area contributed by atoms with E-state index in [4.69, 9.17) is 0 Å². The van der Waals surface area contributed by atoms with Crippen LogP contribution in [0.5, 0.6) is 0 Å². The Balaban J connectivity index is 2.04. The van der Waals surface area contributed by atoms with Crippen LogP contribution in [-0.4, -0.2) is 55.4 Å². The van der Waals surface area contributed by atoms with Crippen LogP contribution in [-0.2, 0) is 10.0 Å². The van der Waals surface area contributed by atoms with Gasteiger partial charge in [0.1, 0.15) is 0 Å². The molecule has 0 amide bonds. The van der Waals surface area contributed by atoms with Crippen LogP contribution >= 0.6 is 0 Å². The van der Waals surface area contributed by atoms with Crippen molar-refractivity contribution in [2.24, 2.45) is 5.92 Å². The maximum absolute atomic E-state index is 12.4. The molecule has 2 aliphatic heterocycles. The summed E-state index contributed by atoms with van der Waals surface area (Å²) < 4.78 is 26.4. The highest BCUT2D eigenvalue weighted by atomic mass is 32.2. The van der Waals surface area contributed by atoms with Gasteiger partial charge in [-0.2, -0.15) is 0 Å². The molecule has 2 heterocycles. The van der Waals surface area contributed by atoms with E-state index in [1.54, 1.807) is 4.31 Å². The normalized spacial score (nSPS) is 36.9. The minimum Gasteiger partial charge on any atom is -0.393 e. The maximum atomic E-state index is 12.4. The third-order valence-corrected chi connectivity index (χ3v) is 6.15. The zero-order chi connectivity index (χ0) is 12.5. The number of nitrogens with zero attached hydrogens (tertiary/aromatic N) is 1. The maximum Gasteiger partial charge on any atom is 0.218 e. The summed E-state index contributed by atoms with van der Waals surface area (Å²) in [5, 5.41) is 12.5. The molecular weight excluding hydrogens is 240 g/mol. The number of aliphatic hydroxyl groups is 1. The van der Waals surface area contributed by atoms with Crippen molar-refractivity contribution in [3.05, 3.63) is 0 Å². The highest BCUT2D eigenvalue weighted by Crippen LogP contribution is 2.23. The summed E-state index contributed by atoms with van der Waals surface area (Å²) in [6, 6.07) is 0. The molecule has 100 valence electrons. The van der Waals surface area contributed by atoms with Gasteiger partial charge in [0.05, 0.1) is 11.4 Å². The Kier molecular flexibility index (Phi) is 4.07. The molecule has 0 aliphatic carbocycles. The van der Waals surface area contributed by atoms with Gasteiger partial charge >= 0.3 is 0 Å². The molecule has 0 aromatic rings. The first-order chi connectivity index (χ1) is 8.01. The summed E-state index contributed by atoms with van der Waals surface area (Å²) in [5.41, 5.74) is 0. The summed E-state index contributed by atoms with van der Waals surface area (Å²) in [6.07, 6.45) is 1.88. The SMILES string of the molecule is CC1CN(S(=O)(=O)C2CCCNC2)CCC1O. The summed E-state index contributed by atoms with van der Waals surface area (Å²) >= 11 is 0. The quantitative estimate of drug-likeness (QED) is 0.721. The second-order valence-electron chi connectivity index (χ2n) is 5.20. The van der Waals surface area contributed by atoms with Crippen molar-refractivity contribution in [3.63, 3.8) is 0 Å². The number of piperidine rings is 2. The highest BCUT2D eigenvalue weighted by molar-refractivity contribution is 7.89. The zero-order valence-electron chi connectivity index (χ0n) is 10.3. The first kappa shape index (κ1) is 13.3. The van der Waals surface area contributed by atoms with Gasteiger partial charge in [0.2, 0.25) is 10.0 Å². The van der Waals surface area contributed by atoms with E-state index in [0.717, 1.165) is 19.4 Å². The summed E-state index contributed by atoms with van der Waals surface area (Å²) in [4.78, 5) is 0. The van der Waals surface area contributed by atoms with E-state index < -0.39 is 10.0 Å². The van der Waals surface area contributed by atoms with Gasteiger partial charge in [0.15, 0.2) is 0 Å². The third kappa shape index (κ3) is 2.81. The molecule has 2 fully saturated rings. The molecule has 3 atom stereocenters. The van der Waals surface area contributed by atoms with Gasteiger partial charge < -0.3 is 10.4 Å². The predicted molar refractivity (Wildman–Crippen MR) is 66.2 cm³/mol. The Labute approximate surface area is 103 Å². The largest absolute Gasteiger partial charge is 0.393 e. The van der Waals surface area contributed by atoms with E-state index >= 15 is 0 Å². The Hall–Kier alpha value is -0.170. The van der Waals surface area contributed by atoms with Gasteiger partial charge in [-0.3, -0.25) is 0 Å². The number of rotatable bonds is 2.